The summed E-state index contributed by atoms with van der Waals surface area (Å²) in [7, 11) is 0. The predicted octanol–water partition coefficient (Wildman–Crippen LogP) is 4.95. The normalized spacial score (nSPS) is 11.8. The summed E-state index contributed by atoms with van der Waals surface area (Å²) in [6.07, 6.45) is 0.473. The molecule has 0 saturated heterocycles. The van der Waals surface area contributed by atoms with E-state index in [-0.39, 0.29) is 25.0 Å². The number of hydrogen-bond donors (Lipinski definition) is 1. The van der Waals surface area contributed by atoms with Gasteiger partial charge in [-0.1, -0.05) is 62.2 Å². The monoisotopic (exact) mass is 450 g/mol. The highest BCUT2D eigenvalue weighted by molar-refractivity contribution is 6.31. The zero-order valence-corrected chi connectivity index (χ0v) is 19.0. The van der Waals surface area contributed by atoms with Gasteiger partial charge < -0.3 is 15.0 Å². The Morgan fingerprint density at radius 2 is 1.73 bits per heavy atom. The quantitative estimate of drug-likeness (QED) is 0.556. The van der Waals surface area contributed by atoms with Crippen molar-refractivity contribution >= 4 is 35.0 Å². The molecule has 2 amide bonds. The summed E-state index contributed by atoms with van der Waals surface area (Å²) < 4.78 is 5.63. The van der Waals surface area contributed by atoms with Crippen LogP contribution in [0.3, 0.4) is 0 Å². The highest BCUT2D eigenvalue weighted by Crippen LogP contribution is 2.20. The van der Waals surface area contributed by atoms with Gasteiger partial charge in [0.05, 0.1) is 0 Å². The Morgan fingerprint density at radius 3 is 2.33 bits per heavy atom. The minimum absolute atomic E-state index is 0.182. The van der Waals surface area contributed by atoms with Gasteiger partial charge in [0.1, 0.15) is 11.8 Å². The average Bonchev–Trinajstić information content (AvgIpc) is 2.72. The summed E-state index contributed by atoms with van der Waals surface area (Å²) in [6, 6.07) is 13.4. The third-order valence-corrected chi connectivity index (χ3v) is 5.17. The molecule has 0 bridgehead atoms. The number of carbonyl (C=O) groups is 2. The second-order valence-corrected chi connectivity index (χ2v) is 8.26. The van der Waals surface area contributed by atoms with E-state index in [1.807, 2.05) is 39.0 Å². The lowest BCUT2D eigenvalue weighted by atomic mass is 10.1. The summed E-state index contributed by atoms with van der Waals surface area (Å²) >= 11 is 12.2. The van der Waals surface area contributed by atoms with E-state index in [0.29, 0.717) is 34.7 Å². The van der Waals surface area contributed by atoms with Crippen LogP contribution < -0.4 is 10.1 Å². The average molecular weight is 451 g/mol. The Kier molecular flexibility index (Phi) is 9.47. The molecule has 0 heterocycles. The van der Waals surface area contributed by atoms with Gasteiger partial charge in [0.25, 0.3) is 5.91 Å². The molecule has 2 rings (SSSR count). The summed E-state index contributed by atoms with van der Waals surface area (Å²) in [4.78, 5) is 27.4. The summed E-state index contributed by atoms with van der Waals surface area (Å²) in [5.74, 6) is 0.365. The maximum Gasteiger partial charge on any atom is 0.261 e. The van der Waals surface area contributed by atoms with Crippen LogP contribution in [0.15, 0.2) is 48.5 Å². The number of benzene rings is 2. The van der Waals surface area contributed by atoms with Crippen LogP contribution in [-0.4, -0.2) is 35.9 Å². The Balaban J connectivity index is 2.19. The zero-order valence-electron chi connectivity index (χ0n) is 17.5. The first-order valence-corrected chi connectivity index (χ1v) is 10.8. The molecule has 0 aliphatic rings. The van der Waals surface area contributed by atoms with Gasteiger partial charge >= 0.3 is 0 Å². The van der Waals surface area contributed by atoms with Crippen molar-refractivity contribution in [2.45, 2.75) is 39.8 Å². The molecule has 0 aliphatic carbocycles. The van der Waals surface area contributed by atoms with Crippen molar-refractivity contribution in [1.29, 1.82) is 0 Å². The van der Waals surface area contributed by atoms with Crippen molar-refractivity contribution in [3.63, 3.8) is 0 Å². The highest BCUT2D eigenvalue weighted by atomic mass is 35.5. The van der Waals surface area contributed by atoms with E-state index in [4.69, 9.17) is 27.9 Å². The first-order chi connectivity index (χ1) is 14.3. The number of rotatable bonds is 10. The molecule has 1 unspecified atom stereocenters. The fourth-order valence-electron chi connectivity index (χ4n) is 2.91. The maximum absolute atomic E-state index is 13.1. The van der Waals surface area contributed by atoms with Crippen molar-refractivity contribution in [3.8, 4) is 5.75 Å². The van der Waals surface area contributed by atoms with Crippen molar-refractivity contribution in [2.75, 3.05) is 13.2 Å². The maximum atomic E-state index is 13.1. The van der Waals surface area contributed by atoms with Crippen LogP contribution in [0.2, 0.25) is 10.0 Å². The molecule has 0 fully saturated rings. The van der Waals surface area contributed by atoms with Crippen LogP contribution in [0.1, 0.15) is 32.8 Å². The fraction of sp³-hybridized carbons (Fsp3) is 0.391. The molecule has 0 saturated carbocycles. The standard InChI is InChI=1S/C23H28Cl2N2O3/c1-4-21(23(29)26-13-16(2)3)27(14-17-7-5-6-8-20(17)25)22(28)15-30-19-11-9-18(24)10-12-19/h5-12,16,21H,4,13-15H2,1-3H3,(H,26,29). The topological polar surface area (TPSA) is 58.6 Å². The molecule has 1 N–H and O–H groups in total. The Morgan fingerprint density at radius 1 is 1.07 bits per heavy atom. The van der Waals surface area contributed by atoms with Crippen LogP contribution in [0.5, 0.6) is 5.75 Å². The molecule has 5 nitrogen and oxygen atoms in total. The van der Waals surface area contributed by atoms with Gasteiger partial charge in [0.2, 0.25) is 5.91 Å². The van der Waals surface area contributed by atoms with Crippen molar-refractivity contribution in [2.24, 2.45) is 5.92 Å². The molecule has 1 atom stereocenters. The van der Waals surface area contributed by atoms with E-state index in [1.54, 1.807) is 30.3 Å². The fourth-order valence-corrected chi connectivity index (χ4v) is 3.23. The smallest absolute Gasteiger partial charge is 0.261 e. The molecule has 7 heteroatoms. The zero-order chi connectivity index (χ0) is 22.1. The van der Waals surface area contributed by atoms with E-state index in [9.17, 15) is 9.59 Å². The lowest BCUT2D eigenvalue weighted by Gasteiger charge is -2.31. The second kappa shape index (κ2) is 11.8. The van der Waals surface area contributed by atoms with Gasteiger partial charge in [0, 0.05) is 23.1 Å². The highest BCUT2D eigenvalue weighted by Gasteiger charge is 2.29. The second-order valence-electron chi connectivity index (χ2n) is 7.42. The lowest BCUT2D eigenvalue weighted by molar-refractivity contribution is -0.143. The summed E-state index contributed by atoms with van der Waals surface area (Å²) in [6.45, 7) is 6.50. The van der Waals surface area contributed by atoms with Crippen LogP contribution in [-0.2, 0) is 16.1 Å². The van der Waals surface area contributed by atoms with Crippen LogP contribution in [0.4, 0.5) is 0 Å². The number of halogens is 2. The van der Waals surface area contributed by atoms with Gasteiger partial charge in [0.15, 0.2) is 6.61 Å². The molecule has 0 aliphatic heterocycles. The van der Waals surface area contributed by atoms with E-state index in [0.717, 1.165) is 5.56 Å². The van der Waals surface area contributed by atoms with E-state index in [1.165, 1.54) is 4.90 Å². The molecule has 0 spiro atoms. The first-order valence-electron chi connectivity index (χ1n) is 10.0. The molecule has 0 radical (unpaired) electrons. The first kappa shape index (κ1) is 24.0. The van der Waals surface area contributed by atoms with Gasteiger partial charge in [-0.05, 0) is 48.2 Å². The molecule has 2 aromatic rings. The molecule has 30 heavy (non-hydrogen) atoms. The Labute approximate surface area is 188 Å². The van der Waals surface area contributed by atoms with E-state index < -0.39 is 6.04 Å². The summed E-state index contributed by atoms with van der Waals surface area (Å²) in [5, 5.41) is 4.06. The van der Waals surface area contributed by atoms with Crippen molar-refractivity contribution in [1.82, 2.24) is 10.2 Å². The number of nitrogens with zero attached hydrogens (tertiary/aromatic N) is 1. The largest absolute Gasteiger partial charge is 0.484 e. The van der Waals surface area contributed by atoms with Gasteiger partial charge in [-0.3, -0.25) is 9.59 Å². The number of ether oxygens (including phenoxy) is 1. The Hall–Kier alpha value is -2.24. The Bertz CT molecular complexity index is 841. The number of nitrogens with one attached hydrogen (secondary N) is 1. The lowest BCUT2D eigenvalue weighted by Crippen LogP contribution is -2.50. The van der Waals surface area contributed by atoms with Gasteiger partial charge in [-0.2, -0.15) is 0 Å². The van der Waals surface area contributed by atoms with Crippen molar-refractivity contribution in [3.05, 3.63) is 64.1 Å². The molecular weight excluding hydrogens is 423 g/mol. The van der Waals surface area contributed by atoms with Crippen LogP contribution >= 0.6 is 23.2 Å². The van der Waals surface area contributed by atoms with E-state index in [2.05, 4.69) is 5.32 Å². The predicted molar refractivity (Wildman–Crippen MR) is 121 cm³/mol. The number of hydrogen-bond acceptors (Lipinski definition) is 3. The minimum Gasteiger partial charge on any atom is -0.484 e. The minimum atomic E-state index is -0.624. The molecule has 162 valence electrons. The van der Waals surface area contributed by atoms with E-state index >= 15 is 0 Å². The SMILES string of the molecule is CCC(C(=O)NCC(C)C)N(Cc1ccccc1Cl)C(=O)COc1ccc(Cl)cc1. The number of carbonyl (C=O) groups excluding carboxylic acids is 2. The third kappa shape index (κ3) is 7.22. The third-order valence-electron chi connectivity index (χ3n) is 4.54. The van der Waals surface area contributed by atoms with Gasteiger partial charge in [-0.25, -0.2) is 0 Å². The molecule has 2 aromatic carbocycles. The number of amides is 2. The molecular formula is C23H28Cl2N2O3. The van der Waals surface area contributed by atoms with Crippen LogP contribution in [0.25, 0.3) is 0 Å². The summed E-state index contributed by atoms with van der Waals surface area (Å²) in [5.41, 5.74) is 0.772. The van der Waals surface area contributed by atoms with Crippen molar-refractivity contribution < 1.29 is 14.3 Å². The van der Waals surface area contributed by atoms with Crippen LogP contribution in [0, 0.1) is 5.92 Å². The molecule has 0 aromatic heterocycles. The van der Waals surface area contributed by atoms with Gasteiger partial charge in [-0.15, -0.1) is 0 Å².